The summed E-state index contributed by atoms with van der Waals surface area (Å²) < 4.78 is 16.5. The van der Waals surface area contributed by atoms with Crippen molar-refractivity contribution in [2.24, 2.45) is 7.05 Å². The molecule has 1 amide bonds. The van der Waals surface area contributed by atoms with Gasteiger partial charge < -0.3 is 19.5 Å². The van der Waals surface area contributed by atoms with E-state index in [4.69, 9.17) is 14.2 Å². The number of hydrogen-bond donors (Lipinski definition) is 1. The van der Waals surface area contributed by atoms with E-state index in [1.54, 1.807) is 42.5 Å². The number of hydrogen-bond acceptors (Lipinski definition) is 7. The van der Waals surface area contributed by atoms with Crippen molar-refractivity contribution in [3.8, 4) is 11.5 Å². The normalized spacial score (nSPS) is 11.6. The topological polar surface area (TPSA) is 109 Å². The van der Waals surface area contributed by atoms with Crippen molar-refractivity contribution in [1.29, 1.82) is 0 Å². The smallest absolute Gasteiger partial charge is 0.307 e. The first-order valence-electron chi connectivity index (χ1n) is 9.45. The number of nitrogens with zero attached hydrogens (tertiary/aromatic N) is 2. The number of carbonyl (C=O) groups is 2. The number of amides is 1. The lowest BCUT2D eigenvalue weighted by Gasteiger charge is -2.20. The summed E-state index contributed by atoms with van der Waals surface area (Å²) in [6, 6.07) is 11.1. The fraction of sp³-hybridized carbons (Fsp3) is 0.273. The molecule has 0 unspecified atom stereocenters. The van der Waals surface area contributed by atoms with Gasteiger partial charge in [-0.25, -0.2) is 4.68 Å². The number of esters is 1. The molecule has 9 heteroatoms. The fourth-order valence-electron chi connectivity index (χ4n) is 3.27. The van der Waals surface area contributed by atoms with Crippen molar-refractivity contribution in [1.82, 2.24) is 15.1 Å². The Morgan fingerprint density at radius 3 is 2.35 bits per heavy atom. The molecule has 3 rings (SSSR count). The summed E-state index contributed by atoms with van der Waals surface area (Å²) >= 11 is 0. The van der Waals surface area contributed by atoms with Crippen LogP contribution in [0.1, 0.15) is 28.5 Å². The Hall–Kier alpha value is -3.88. The van der Waals surface area contributed by atoms with Gasteiger partial charge in [-0.2, -0.15) is 5.10 Å². The molecule has 3 aromatic rings. The first-order valence-corrected chi connectivity index (χ1v) is 9.45. The van der Waals surface area contributed by atoms with E-state index >= 15 is 0 Å². The van der Waals surface area contributed by atoms with Crippen LogP contribution in [-0.2, 0) is 16.6 Å². The SMILES string of the molecule is COC(=O)C[C@H](NC(=O)c1nn(C)c(=O)c2ccccc12)c1ccc(OC)c(OC)c1. The summed E-state index contributed by atoms with van der Waals surface area (Å²) in [4.78, 5) is 37.5. The lowest BCUT2D eigenvalue weighted by Crippen LogP contribution is -2.33. The van der Waals surface area contributed by atoms with E-state index in [0.29, 0.717) is 27.8 Å². The van der Waals surface area contributed by atoms with Crippen LogP contribution in [-0.4, -0.2) is 43.0 Å². The Kier molecular flexibility index (Phi) is 6.54. The molecule has 0 aliphatic carbocycles. The predicted molar refractivity (Wildman–Crippen MR) is 113 cm³/mol. The zero-order chi connectivity index (χ0) is 22.5. The summed E-state index contributed by atoms with van der Waals surface area (Å²) in [6.07, 6.45) is -0.110. The minimum Gasteiger partial charge on any atom is -0.493 e. The Morgan fingerprint density at radius 1 is 1.03 bits per heavy atom. The Labute approximate surface area is 178 Å². The quantitative estimate of drug-likeness (QED) is 0.577. The van der Waals surface area contributed by atoms with E-state index < -0.39 is 17.9 Å². The number of fused-ring (bicyclic) bond motifs is 1. The molecule has 0 radical (unpaired) electrons. The van der Waals surface area contributed by atoms with E-state index in [0.717, 1.165) is 4.68 Å². The zero-order valence-corrected chi connectivity index (χ0v) is 17.7. The van der Waals surface area contributed by atoms with Gasteiger partial charge in [0.2, 0.25) is 0 Å². The summed E-state index contributed by atoms with van der Waals surface area (Å²) in [6.45, 7) is 0. The van der Waals surface area contributed by atoms with E-state index in [2.05, 4.69) is 10.4 Å². The molecule has 1 aromatic heterocycles. The van der Waals surface area contributed by atoms with Crippen LogP contribution < -0.4 is 20.3 Å². The van der Waals surface area contributed by atoms with Crippen molar-refractivity contribution in [2.45, 2.75) is 12.5 Å². The van der Waals surface area contributed by atoms with Crippen LogP contribution >= 0.6 is 0 Å². The minimum absolute atomic E-state index is 0.0769. The number of carbonyl (C=O) groups excluding carboxylic acids is 2. The number of ether oxygens (including phenoxy) is 3. The first kappa shape index (κ1) is 21.8. The highest BCUT2D eigenvalue weighted by Crippen LogP contribution is 2.31. The first-order chi connectivity index (χ1) is 14.9. The summed E-state index contributed by atoms with van der Waals surface area (Å²) in [7, 11) is 5.77. The fourth-order valence-corrected chi connectivity index (χ4v) is 3.27. The van der Waals surface area contributed by atoms with Crippen molar-refractivity contribution in [3.63, 3.8) is 0 Å². The molecule has 0 saturated heterocycles. The molecule has 2 aromatic carbocycles. The number of methoxy groups -OCH3 is 3. The average Bonchev–Trinajstić information content (AvgIpc) is 2.80. The third-order valence-electron chi connectivity index (χ3n) is 4.89. The minimum atomic E-state index is -0.724. The van der Waals surface area contributed by atoms with Crippen LogP contribution in [0.2, 0.25) is 0 Å². The van der Waals surface area contributed by atoms with Gasteiger partial charge in [0.15, 0.2) is 17.2 Å². The standard InChI is InChI=1S/C22H23N3O6/c1-25-22(28)15-8-6-5-7-14(15)20(24-25)21(27)23-16(12-19(26)31-4)13-9-10-17(29-2)18(11-13)30-3/h5-11,16H,12H2,1-4H3,(H,23,27)/t16-/m0/s1. The van der Waals surface area contributed by atoms with E-state index in [1.165, 1.54) is 28.4 Å². The highest BCUT2D eigenvalue weighted by molar-refractivity contribution is 6.05. The van der Waals surface area contributed by atoms with Crippen molar-refractivity contribution >= 4 is 22.6 Å². The second-order valence-electron chi connectivity index (χ2n) is 6.74. The molecule has 0 spiro atoms. The maximum atomic E-state index is 13.2. The maximum absolute atomic E-state index is 13.2. The number of aryl methyl sites for hydroxylation is 1. The van der Waals surface area contributed by atoms with Crippen molar-refractivity contribution in [2.75, 3.05) is 21.3 Å². The second-order valence-corrected chi connectivity index (χ2v) is 6.74. The van der Waals surface area contributed by atoms with Crippen LogP contribution in [0.3, 0.4) is 0 Å². The molecule has 0 bridgehead atoms. The van der Waals surface area contributed by atoms with Gasteiger partial charge in [-0.15, -0.1) is 0 Å². The molecule has 31 heavy (non-hydrogen) atoms. The van der Waals surface area contributed by atoms with Gasteiger partial charge in [-0.1, -0.05) is 24.3 Å². The average molecular weight is 425 g/mol. The van der Waals surface area contributed by atoms with E-state index in [-0.39, 0.29) is 17.7 Å². The molecule has 9 nitrogen and oxygen atoms in total. The molecule has 0 saturated carbocycles. The summed E-state index contributed by atoms with van der Waals surface area (Å²) in [5.74, 6) is -0.0660. The lowest BCUT2D eigenvalue weighted by atomic mass is 10.0. The van der Waals surface area contributed by atoms with Crippen molar-refractivity contribution in [3.05, 3.63) is 64.1 Å². The monoisotopic (exact) mass is 425 g/mol. The molecule has 1 atom stereocenters. The highest BCUT2D eigenvalue weighted by atomic mass is 16.5. The molecular weight excluding hydrogens is 402 g/mol. The number of aromatic nitrogens is 2. The Morgan fingerprint density at radius 2 is 1.71 bits per heavy atom. The zero-order valence-electron chi connectivity index (χ0n) is 17.7. The summed E-state index contributed by atoms with van der Waals surface area (Å²) in [5, 5.41) is 7.77. The number of benzene rings is 2. The molecule has 0 aliphatic rings. The van der Waals surface area contributed by atoms with Gasteiger partial charge in [0.25, 0.3) is 11.5 Å². The van der Waals surface area contributed by atoms with Gasteiger partial charge in [0, 0.05) is 12.4 Å². The Bertz CT molecular complexity index is 1190. The van der Waals surface area contributed by atoms with Crippen LogP contribution in [0.5, 0.6) is 11.5 Å². The number of nitrogens with one attached hydrogen (secondary N) is 1. The van der Waals surface area contributed by atoms with Gasteiger partial charge in [0.1, 0.15) is 0 Å². The van der Waals surface area contributed by atoms with Gasteiger partial charge in [0.05, 0.1) is 39.2 Å². The Balaban J connectivity index is 2.02. The van der Waals surface area contributed by atoms with Crippen LogP contribution in [0.25, 0.3) is 10.8 Å². The second kappa shape index (κ2) is 9.29. The van der Waals surface area contributed by atoms with Crippen LogP contribution in [0, 0.1) is 0 Å². The van der Waals surface area contributed by atoms with Gasteiger partial charge in [-0.3, -0.25) is 14.4 Å². The largest absolute Gasteiger partial charge is 0.493 e. The highest BCUT2D eigenvalue weighted by Gasteiger charge is 2.24. The molecule has 0 aliphatic heterocycles. The van der Waals surface area contributed by atoms with Gasteiger partial charge >= 0.3 is 5.97 Å². The van der Waals surface area contributed by atoms with E-state index in [1.807, 2.05) is 0 Å². The lowest BCUT2D eigenvalue weighted by molar-refractivity contribution is -0.141. The van der Waals surface area contributed by atoms with Crippen LogP contribution in [0.15, 0.2) is 47.3 Å². The molecule has 162 valence electrons. The third-order valence-corrected chi connectivity index (χ3v) is 4.89. The van der Waals surface area contributed by atoms with E-state index in [9.17, 15) is 14.4 Å². The maximum Gasteiger partial charge on any atom is 0.307 e. The molecule has 1 N–H and O–H groups in total. The van der Waals surface area contributed by atoms with Crippen molar-refractivity contribution < 1.29 is 23.8 Å². The number of rotatable bonds is 7. The van der Waals surface area contributed by atoms with Crippen LogP contribution in [0.4, 0.5) is 0 Å². The summed E-state index contributed by atoms with van der Waals surface area (Å²) in [5.41, 5.74) is 0.386. The molecule has 0 fully saturated rings. The third kappa shape index (κ3) is 4.50. The molecular formula is C22H23N3O6. The molecule has 1 heterocycles. The van der Waals surface area contributed by atoms with Gasteiger partial charge in [-0.05, 0) is 23.8 Å². The predicted octanol–water partition coefficient (Wildman–Crippen LogP) is 1.98.